The minimum Gasteiger partial charge on any atom is -0.254 e. The van der Waals surface area contributed by atoms with E-state index in [1.807, 2.05) is 13.8 Å². The summed E-state index contributed by atoms with van der Waals surface area (Å²) in [7, 11) is 0. The van der Waals surface area contributed by atoms with Crippen molar-refractivity contribution in [3.05, 3.63) is 22.8 Å². The van der Waals surface area contributed by atoms with E-state index >= 15 is 0 Å². The summed E-state index contributed by atoms with van der Waals surface area (Å²) >= 11 is 0. The quantitative estimate of drug-likeness (QED) is 0.669. The number of hydrogen-bond acceptors (Lipinski definition) is 2. The van der Waals surface area contributed by atoms with E-state index in [0.29, 0.717) is 0 Å². The summed E-state index contributed by atoms with van der Waals surface area (Å²) in [5.41, 5.74) is 4.43. The third-order valence-corrected chi connectivity index (χ3v) is 2.13. The molecule has 66 valence electrons. The molecule has 0 spiro atoms. The van der Waals surface area contributed by atoms with Crippen LogP contribution in [0.15, 0.2) is 0 Å². The zero-order valence-electron chi connectivity index (χ0n) is 8.31. The second-order valence-corrected chi connectivity index (χ2v) is 2.99. The second kappa shape index (κ2) is 3.65. The predicted molar refractivity (Wildman–Crippen MR) is 50.3 cm³/mol. The molecule has 1 heterocycles. The fraction of sp³-hybridized carbons (Fsp3) is 0.600. The van der Waals surface area contributed by atoms with Crippen LogP contribution in [0.5, 0.6) is 0 Å². The topological polar surface area (TPSA) is 25.8 Å². The Kier molecular flexibility index (Phi) is 2.79. The zero-order chi connectivity index (χ0) is 9.14. The first kappa shape index (κ1) is 9.17. The number of nitrogens with zero attached hydrogens (tertiary/aromatic N) is 2. The Bertz CT molecular complexity index is 250. The Morgan fingerprint density at radius 1 is 0.833 bits per heavy atom. The van der Waals surface area contributed by atoms with Crippen molar-refractivity contribution in [2.75, 3.05) is 0 Å². The molecule has 0 fully saturated rings. The molecule has 0 unspecified atom stereocenters. The molecule has 0 saturated carbocycles. The van der Waals surface area contributed by atoms with Crippen LogP contribution in [0.3, 0.4) is 0 Å². The molecule has 0 aliphatic carbocycles. The molecule has 0 saturated heterocycles. The van der Waals surface area contributed by atoms with Crippen LogP contribution in [0.1, 0.15) is 36.6 Å². The van der Waals surface area contributed by atoms with Crippen molar-refractivity contribution in [3.63, 3.8) is 0 Å². The van der Waals surface area contributed by atoms with Crippen molar-refractivity contribution in [2.24, 2.45) is 0 Å². The molecule has 12 heavy (non-hydrogen) atoms. The Balaban J connectivity index is 3.19. The first-order valence-corrected chi connectivity index (χ1v) is 4.52. The van der Waals surface area contributed by atoms with Crippen LogP contribution < -0.4 is 0 Å². The Morgan fingerprint density at radius 3 is 1.42 bits per heavy atom. The van der Waals surface area contributed by atoms with Crippen LogP contribution in [0.4, 0.5) is 0 Å². The minimum atomic E-state index is 0.983. The SMILES string of the molecule is CCc1nc(C)c(C)nc1CC. The van der Waals surface area contributed by atoms with Crippen molar-refractivity contribution >= 4 is 0 Å². The molecule has 2 heteroatoms. The van der Waals surface area contributed by atoms with Gasteiger partial charge in [-0.05, 0) is 26.7 Å². The number of hydrogen-bond donors (Lipinski definition) is 0. The van der Waals surface area contributed by atoms with Crippen LogP contribution in [0, 0.1) is 13.8 Å². The first-order valence-electron chi connectivity index (χ1n) is 4.52. The largest absolute Gasteiger partial charge is 0.254 e. The van der Waals surface area contributed by atoms with Gasteiger partial charge in [0.05, 0.1) is 22.8 Å². The molecule has 0 aliphatic heterocycles. The lowest BCUT2D eigenvalue weighted by atomic mass is 10.2. The fourth-order valence-electron chi connectivity index (χ4n) is 1.26. The van der Waals surface area contributed by atoms with Gasteiger partial charge < -0.3 is 0 Å². The van der Waals surface area contributed by atoms with Crippen molar-refractivity contribution in [3.8, 4) is 0 Å². The van der Waals surface area contributed by atoms with Crippen LogP contribution in [-0.2, 0) is 12.8 Å². The van der Waals surface area contributed by atoms with Crippen molar-refractivity contribution in [1.82, 2.24) is 9.97 Å². The maximum absolute atomic E-state index is 4.50. The normalized spacial score (nSPS) is 10.3. The molecule has 1 rings (SSSR count). The molecule has 0 atom stereocenters. The summed E-state index contributed by atoms with van der Waals surface area (Å²) < 4.78 is 0. The average Bonchev–Trinajstić information content (AvgIpc) is 2.09. The smallest absolute Gasteiger partial charge is 0.0619 e. The summed E-state index contributed by atoms with van der Waals surface area (Å²) in [5, 5.41) is 0. The van der Waals surface area contributed by atoms with E-state index in [4.69, 9.17) is 0 Å². The minimum absolute atomic E-state index is 0.983. The van der Waals surface area contributed by atoms with Gasteiger partial charge in [0.1, 0.15) is 0 Å². The molecule has 0 radical (unpaired) electrons. The Labute approximate surface area is 74.1 Å². The number of aromatic nitrogens is 2. The monoisotopic (exact) mass is 164 g/mol. The van der Waals surface area contributed by atoms with Gasteiger partial charge in [0.25, 0.3) is 0 Å². The molecule has 0 N–H and O–H groups in total. The van der Waals surface area contributed by atoms with Crippen molar-refractivity contribution < 1.29 is 0 Å². The lowest BCUT2D eigenvalue weighted by Gasteiger charge is -2.06. The van der Waals surface area contributed by atoms with Crippen LogP contribution in [0.2, 0.25) is 0 Å². The van der Waals surface area contributed by atoms with Gasteiger partial charge in [-0.3, -0.25) is 9.97 Å². The molecule has 1 aromatic heterocycles. The Morgan fingerprint density at radius 2 is 1.17 bits per heavy atom. The predicted octanol–water partition coefficient (Wildman–Crippen LogP) is 2.22. The standard InChI is InChI=1S/C10H16N2/c1-5-9-10(6-2)12-8(4)7(3)11-9/h5-6H2,1-4H3. The zero-order valence-corrected chi connectivity index (χ0v) is 8.31. The van der Waals surface area contributed by atoms with Gasteiger partial charge in [-0.15, -0.1) is 0 Å². The first-order chi connectivity index (χ1) is 5.69. The highest BCUT2D eigenvalue weighted by molar-refractivity contribution is 5.18. The Hall–Kier alpha value is -0.920. The lowest BCUT2D eigenvalue weighted by molar-refractivity contribution is 0.863. The van der Waals surface area contributed by atoms with E-state index in [1.54, 1.807) is 0 Å². The number of aryl methyl sites for hydroxylation is 4. The molecule has 2 nitrogen and oxygen atoms in total. The fourth-order valence-corrected chi connectivity index (χ4v) is 1.26. The van der Waals surface area contributed by atoms with Crippen molar-refractivity contribution in [1.29, 1.82) is 0 Å². The molecular weight excluding hydrogens is 148 g/mol. The van der Waals surface area contributed by atoms with Gasteiger partial charge in [-0.25, -0.2) is 0 Å². The summed E-state index contributed by atoms with van der Waals surface area (Å²) in [6, 6.07) is 0. The third kappa shape index (κ3) is 1.63. The van der Waals surface area contributed by atoms with Gasteiger partial charge in [-0.1, -0.05) is 13.8 Å². The van der Waals surface area contributed by atoms with E-state index in [-0.39, 0.29) is 0 Å². The van der Waals surface area contributed by atoms with E-state index in [0.717, 1.165) is 35.6 Å². The highest BCUT2D eigenvalue weighted by atomic mass is 14.8. The van der Waals surface area contributed by atoms with Gasteiger partial charge >= 0.3 is 0 Å². The number of rotatable bonds is 2. The lowest BCUT2D eigenvalue weighted by Crippen LogP contribution is -2.03. The molecular formula is C10H16N2. The van der Waals surface area contributed by atoms with Gasteiger partial charge in [0, 0.05) is 0 Å². The van der Waals surface area contributed by atoms with Crippen LogP contribution >= 0.6 is 0 Å². The maximum Gasteiger partial charge on any atom is 0.0619 e. The summed E-state index contributed by atoms with van der Waals surface area (Å²) in [4.78, 5) is 9.00. The van der Waals surface area contributed by atoms with E-state index < -0.39 is 0 Å². The second-order valence-electron chi connectivity index (χ2n) is 2.99. The van der Waals surface area contributed by atoms with E-state index in [1.165, 1.54) is 0 Å². The summed E-state index contributed by atoms with van der Waals surface area (Å²) in [6.07, 6.45) is 1.97. The highest BCUT2D eigenvalue weighted by Gasteiger charge is 2.04. The third-order valence-electron chi connectivity index (χ3n) is 2.13. The molecule has 0 aromatic carbocycles. The maximum atomic E-state index is 4.50. The van der Waals surface area contributed by atoms with E-state index in [2.05, 4.69) is 23.8 Å². The van der Waals surface area contributed by atoms with E-state index in [9.17, 15) is 0 Å². The van der Waals surface area contributed by atoms with Gasteiger partial charge in [0.15, 0.2) is 0 Å². The molecule has 0 bridgehead atoms. The summed E-state index contributed by atoms with van der Waals surface area (Å²) in [6.45, 7) is 8.28. The van der Waals surface area contributed by atoms with Gasteiger partial charge in [0.2, 0.25) is 0 Å². The van der Waals surface area contributed by atoms with Crippen LogP contribution in [0.25, 0.3) is 0 Å². The molecule has 0 amide bonds. The average molecular weight is 164 g/mol. The van der Waals surface area contributed by atoms with Gasteiger partial charge in [-0.2, -0.15) is 0 Å². The molecule has 1 aromatic rings. The highest BCUT2D eigenvalue weighted by Crippen LogP contribution is 2.08. The van der Waals surface area contributed by atoms with Crippen LogP contribution in [-0.4, -0.2) is 9.97 Å². The molecule has 0 aliphatic rings. The van der Waals surface area contributed by atoms with Crippen molar-refractivity contribution in [2.45, 2.75) is 40.5 Å². The summed E-state index contributed by atoms with van der Waals surface area (Å²) in [5.74, 6) is 0.